The average molecular weight is 260 g/mol. The van der Waals surface area contributed by atoms with Crippen molar-refractivity contribution in [2.24, 2.45) is 0 Å². The first-order valence-electron chi connectivity index (χ1n) is 4.97. The van der Waals surface area contributed by atoms with Crippen molar-refractivity contribution in [1.29, 1.82) is 0 Å². The molecule has 0 radical (unpaired) electrons. The van der Waals surface area contributed by atoms with Crippen LogP contribution in [0.15, 0.2) is 18.2 Å². The number of hydrogen-bond donors (Lipinski definition) is 2. The fourth-order valence-electron chi connectivity index (χ4n) is 1.34. The molecule has 0 aliphatic carbocycles. The standard InChI is InChI=1S/C11H11F3N2O2/c1-6-7(9(17)15-2)4-3-5-8(6)16-10(18)11(12,13)14/h3-5H,1-2H3,(H,15,17)(H,16,18). The van der Waals surface area contributed by atoms with Crippen LogP contribution in [0.25, 0.3) is 0 Å². The van der Waals surface area contributed by atoms with Crippen LogP contribution in [0.4, 0.5) is 18.9 Å². The summed E-state index contributed by atoms with van der Waals surface area (Å²) in [4.78, 5) is 22.2. The first-order chi connectivity index (χ1) is 8.27. The van der Waals surface area contributed by atoms with E-state index in [1.807, 2.05) is 0 Å². The van der Waals surface area contributed by atoms with E-state index in [1.165, 1.54) is 32.2 Å². The van der Waals surface area contributed by atoms with E-state index in [1.54, 1.807) is 5.32 Å². The van der Waals surface area contributed by atoms with Crippen molar-refractivity contribution in [3.8, 4) is 0 Å². The summed E-state index contributed by atoms with van der Waals surface area (Å²) in [6.45, 7) is 1.45. The van der Waals surface area contributed by atoms with E-state index >= 15 is 0 Å². The molecule has 0 saturated heterocycles. The van der Waals surface area contributed by atoms with Gasteiger partial charge in [0.15, 0.2) is 0 Å². The van der Waals surface area contributed by atoms with Gasteiger partial charge in [-0.3, -0.25) is 9.59 Å². The largest absolute Gasteiger partial charge is 0.471 e. The molecule has 0 aromatic heterocycles. The first-order valence-corrected chi connectivity index (χ1v) is 4.97. The van der Waals surface area contributed by atoms with Crippen molar-refractivity contribution in [1.82, 2.24) is 5.32 Å². The number of halogens is 3. The molecule has 7 heteroatoms. The minimum absolute atomic E-state index is 0.0431. The molecule has 2 N–H and O–H groups in total. The number of carbonyl (C=O) groups is 2. The zero-order valence-electron chi connectivity index (χ0n) is 9.68. The van der Waals surface area contributed by atoms with Gasteiger partial charge in [-0.2, -0.15) is 13.2 Å². The van der Waals surface area contributed by atoms with E-state index in [4.69, 9.17) is 0 Å². The van der Waals surface area contributed by atoms with Crippen LogP contribution in [-0.2, 0) is 4.79 Å². The lowest BCUT2D eigenvalue weighted by Gasteiger charge is -2.12. The van der Waals surface area contributed by atoms with Crippen molar-refractivity contribution in [2.45, 2.75) is 13.1 Å². The highest BCUT2D eigenvalue weighted by Crippen LogP contribution is 2.22. The molecule has 1 aromatic carbocycles. The number of benzene rings is 1. The van der Waals surface area contributed by atoms with Crippen LogP contribution in [0.3, 0.4) is 0 Å². The monoisotopic (exact) mass is 260 g/mol. The van der Waals surface area contributed by atoms with Crippen LogP contribution in [0, 0.1) is 6.92 Å². The van der Waals surface area contributed by atoms with Crippen LogP contribution in [-0.4, -0.2) is 25.0 Å². The number of amides is 2. The predicted octanol–water partition coefficient (Wildman–Crippen LogP) is 1.86. The Morgan fingerprint density at radius 1 is 1.22 bits per heavy atom. The summed E-state index contributed by atoms with van der Waals surface area (Å²) >= 11 is 0. The molecule has 0 atom stereocenters. The molecule has 0 saturated carbocycles. The summed E-state index contributed by atoms with van der Waals surface area (Å²) < 4.78 is 36.3. The summed E-state index contributed by atoms with van der Waals surface area (Å²) in [7, 11) is 1.41. The molecule has 0 fully saturated rings. The van der Waals surface area contributed by atoms with Crippen molar-refractivity contribution in [2.75, 3.05) is 12.4 Å². The van der Waals surface area contributed by atoms with E-state index in [0.29, 0.717) is 0 Å². The highest BCUT2D eigenvalue weighted by molar-refractivity contribution is 6.00. The van der Waals surface area contributed by atoms with Gasteiger partial charge in [-0.1, -0.05) is 6.07 Å². The molecule has 4 nitrogen and oxygen atoms in total. The predicted molar refractivity (Wildman–Crippen MR) is 59.3 cm³/mol. The maximum atomic E-state index is 12.1. The quantitative estimate of drug-likeness (QED) is 0.852. The van der Waals surface area contributed by atoms with Gasteiger partial charge in [0.05, 0.1) is 0 Å². The van der Waals surface area contributed by atoms with Crippen LogP contribution >= 0.6 is 0 Å². The normalized spacial score (nSPS) is 10.9. The second kappa shape index (κ2) is 5.07. The third-order valence-electron chi connectivity index (χ3n) is 2.31. The Hall–Kier alpha value is -2.05. The molecule has 0 aliphatic rings. The number of carbonyl (C=O) groups excluding carboxylic acids is 2. The van der Waals surface area contributed by atoms with E-state index in [-0.39, 0.29) is 16.8 Å². The van der Waals surface area contributed by atoms with Gasteiger partial charge in [0.2, 0.25) is 0 Å². The molecule has 98 valence electrons. The molecule has 1 aromatic rings. The summed E-state index contributed by atoms with van der Waals surface area (Å²) in [5, 5.41) is 4.08. The summed E-state index contributed by atoms with van der Waals surface area (Å²) in [6, 6.07) is 4.15. The van der Waals surface area contributed by atoms with E-state index in [0.717, 1.165) is 0 Å². The van der Waals surface area contributed by atoms with Crippen LogP contribution in [0.1, 0.15) is 15.9 Å². The number of rotatable bonds is 2. The highest BCUT2D eigenvalue weighted by Gasteiger charge is 2.38. The topological polar surface area (TPSA) is 58.2 Å². The Morgan fingerprint density at radius 2 is 1.83 bits per heavy atom. The molecule has 0 aliphatic heterocycles. The Bertz CT molecular complexity index is 484. The summed E-state index contributed by atoms with van der Waals surface area (Å²) in [5.74, 6) is -2.50. The van der Waals surface area contributed by atoms with Crippen molar-refractivity contribution >= 4 is 17.5 Å². The maximum absolute atomic E-state index is 12.1. The second-order valence-corrected chi connectivity index (χ2v) is 3.51. The molecule has 18 heavy (non-hydrogen) atoms. The zero-order chi connectivity index (χ0) is 13.9. The fraction of sp³-hybridized carbons (Fsp3) is 0.273. The zero-order valence-corrected chi connectivity index (χ0v) is 9.68. The maximum Gasteiger partial charge on any atom is 0.471 e. The minimum Gasteiger partial charge on any atom is -0.355 e. The SMILES string of the molecule is CNC(=O)c1cccc(NC(=O)C(F)(F)F)c1C. The first kappa shape index (κ1) is 14.0. The van der Waals surface area contributed by atoms with Gasteiger partial charge in [0, 0.05) is 18.3 Å². The molecule has 0 unspecified atom stereocenters. The van der Waals surface area contributed by atoms with Gasteiger partial charge >= 0.3 is 12.1 Å². The van der Waals surface area contributed by atoms with Crippen LogP contribution in [0.5, 0.6) is 0 Å². The van der Waals surface area contributed by atoms with Crippen LogP contribution in [0.2, 0.25) is 0 Å². The fourth-order valence-corrected chi connectivity index (χ4v) is 1.34. The summed E-state index contributed by atoms with van der Waals surface area (Å²) in [5.41, 5.74) is 0.436. The average Bonchev–Trinajstić information content (AvgIpc) is 2.29. The summed E-state index contributed by atoms with van der Waals surface area (Å²) in [6.07, 6.45) is -4.96. The van der Waals surface area contributed by atoms with Crippen molar-refractivity contribution in [3.05, 3.63) is 29.3 Å². The molecule has 2 amide bonds. The Balaban J connectivity index is 3.05. The van der Waals surface area contributed by atoms with Gasteiger partial charge in [-0.25, -0.2) is 0 Å². The Morgan fingerprint density at radius 3 is 2.33 bits per heavy atom. The molecular weight excluding hydrogens is 249 g/mol. The Kier molecular flexibility index (Phi) is 3.95. The van der Waals surface area contributed by atoms with Gasteiger partial charge in [-0.15, -0.1) is 0 Å². The number of nitrogens with one attached hydrogen (secondary N) is 2. The highest BCUT2D eigenvalue weighted by atomic mass is 19.4. The van der Waals surface area contributed by atoms with Gasteiger partial charge in [0.25, 0.3) is 5.91 Å². The van der Waals surface area contributed by atoms with Crippen molar-refractivity contribution < 1.29 is 22.8 Å². The third-order valence-corrected chi connectivity index (χ3v) is 2.31. The van der Waals surface area contributed by atoms with Gasteiger partial charge in [0.1, 0.15) is 0 Å². The lowest BCUT2D eigenvalue weighted by Crippen LogP contribution is -2.30. The number of hydrogen-bond acceptors (Lipinski definition) is 2. The lowest BCUT2D eigenvalue weighted by molar-refractivity contribution is -0.167. The van der Waals surface area contributed by atoms with E-state index < -0.39 is 18.0 Å². The minimum atomic E-state index is -4.96. The molecule has 0 spiro atoms. The van der Waals surface area contributed by atoms with Gasteiger partial charge < -0.3 is 10.6 Å². The third kappa shape index (κ3) is 2.99. The number of alkyl halides is 3. The molecular formula is C11H11F3N2O2. The smallest absolute Gasteiger partial charge is 0.355 e. The van der Waals surface area contributed by atoms with E-state index in [2.05, 4.69) is 5.32 Å². The molecule has 0 heterocycles. The Labute approximate surface area is 101 Å². The second-order valence-electron chi connectivity index (χ2n) is 3.51. The van der Waals surface area contributed by atoms with E-state index in [9.17, 15) is 22.8 Å². The molecule has 1 rings (SSSR count). The lowest BCUT2D eigenvalue weighted by atomic mass is 10.1. The van der Waals surface area contributed by atoms with Crippen molar-refractivity contribution in [3.63, 3.8) is 0 Å². The number of anilines is 1. The van der Waals surface area contributed by atoms with Crippen LogP contribution < -0.4 is 10.6 Å². The van der Waals surface area contributed by atoms with Gasteiger partial charge in [-0.05, 0) is 24.6 Å². The molecule has 0 bridgehead atoms.